The molecule has 17 heavy (non-hydrogen) atoms. The number of fused-ring (bicyclic) bond motifs is 2. The molecule has 0 radical (unpaired) electrons. The van der Waals surface area contributed by atoms with E-state index < -0.39 is 0 Å². The Kier molecular flexibility index (Phi) is 2.21. The van der Waals surface area contributed by atoms with Crippen molar-refractivity contribution in [2.45, 2.75) is 76.8 Å². The third-order valence-corrected chi connectivity index (χ3v) is 6.11. The fourth-order valence-corrected chi connectivity index (χ4v) is 4.49. The van der Waals surface area contributed by atoms with Gasteiger partial charge in [0, 0.05) is 0 Å². The zero-order valence-corrected chi connectivity index (χ0v) is 11.0. The standard InChI is InChI=1S/C15H24O2/c1-15(2,9-3-5-11-13(7-9)16-11)10-4-6-12-14(8-10)17-12/h9-14H,3-8H2,1-2H3/t9-,10-,11-,12+,13+,14-/m1/s1. The Bertz CT molecular complexity index is 295. The normalized spacial score (nSPS) is 52.6. The van der Waals surface area contributed by atoms with E-state index in [2.05, 4.69) is 13.8 Å². The van der Waals surface area contributed by atoms with Crippen LogP contribution in [0, 0.1) is 17.3 Å². The quantitative estimate of drug-likeness (QED) is 0.688. The van der Waals surface area contributed by atoms with Crippen LogP contribution in [0.1, 0.15) is 52.4 Å². The summed E-state index contributed by atoms with van der Waals surface area (Å²) in [5.41, 5.74) is 0.494. The fourth-order valence-electron chi connectivity index (χ4n) is 4.49. The molecule has 2 heteroatoms. The van der Waals surface area contributed by atoms with Crippen LogP contribution in [0.4, 0.5) is 0 Å². The van der Waals surface area contributed by atoms with Crippen LogP contribution in [-0.4, -0.2) is 24.4 Å². The topological polar surface area (TPSA) is 25.1 Å². The van der Waals surface area contributed by atoms with Crippen LogP contribution in [0.25, 0.3) is 0 Å². The van der Waals surface area contributed by atoms with Gasteiger partial charge >= 0.3 is 0 Å². The van der Waals surface area contributed by atoms with Gasteiger partial charge in [0.15, 0.2) is 0 Å². The second-order valence-corrected chi connectivity index (χ2v) is 7.27. The first-order chi connectivity index (χ1) is 8.14. The lowest BCUT2D eigenvalue weighted by atomic mass is 9.61. The second-order valence-electron chi connectivity index (χ2n) is 7.27. The first-order valence-corrected chi connectivity index (χ1v) is 7.45. The van der Waals surface area contributed by atoms with Crippen molar-refractivity contribution >= 4 is 0 Å². The highest BCUT2D eigenvalue weighted by Gasteiger charge is 2.52. The highest BCUT2D eigenvalue weighted by atomic mass is 16.6. The van der Waals surface area contributed by atoms with E-state index in [0.29, 0.717) is 29.8 Å². The predicted octanol–water partition coefficient (Wildman–Crippen LogP) is 3.15. The molecular formula is C15H24O2. The summed E-state index contributed by atoms with van der Waals surface area (Å²) < 4.78 is 11.4. The average molecular weight is 236 g/mol. The van der Waals surface area contributed by atoms with Crippen molar-refractivity contribution in [1.82, 2.24) is 0 Å². The molecule has 0 aromatic rings. The van der Waals surface area contributed by atoms with E-state index in [4.69, 9.17) is 9.47 Å². The van der Waals surface area contributed by atoms with Gasteiger partial charge in [0.05, 0.1) is 24.4 Å². The molecule has 96 valence electrons. The molecule has 4 aliphatic rings. The molecule has 6 atom stereocenters. The highest BCUT2D eigenvalue weighted by Crippen LogP contribution is 2.54. The smallest absolute Gasteiger partial charge is 0.0844 e. The lowest BCUT2D eigenvalue weighted by molar-refractivity contribution is 0.0678. The van der Waals surface area contributed by atoms with Gasteiger partial charge in [0.25, 0.3) is 0 Å². The molecule has 0 amide bonds. The van der Waals surface area contributed by atoms with E-state index >= 15 is 0 Å². The predicted molar refractivity (Wildman–Crippen MR) is 65.8 cm³/mol. The molecule has 0 aromatic carbocycles. The summed E-state index contributed by atoms with van der Waals surface area (Å²) in [6.45, 7) is 5.02. The second kappa shape index (κ2) is 3.48. The Labute approximate surface area is 104 Å². The van der Waals surface area contributed by atoms with E-state index in [9.17, 15) is 0 Å². The maximum atomic E-state index is 5.70. The Morgan fingerprint density at radius 3 is 1.59 bits per heavy atom. The van der Waals surface area contributed by atoms with Crippen molar-refractivity contribution in [3.8, 4) is 0 Å². The van der Waals surface area contributed by atoms with Gasteiger partial charge in [-0.1, -0.05) is 13.8 Å². The van der Waals surface area contributed by atoms with Crippen molar-refractivity contribution in [2.75, 3.05) is 0 Å². The van der Waals surface area contributed by atoms with E-state index in [0.717, 1.165) is 11.8 Å². The zero-order valence-electron chi connectivity index (χ0n) is 11.0. The minimum atomic E-state index is 0.494. The van der Waals surface area contributed by atoms with E-state index in [-0.39, 0.29) is 0 Å². The van der Waals surface area contributed by atoms with Crippen molar-refractivity contribution in [3.05, 3.63) is 0 Å². The Balaban J connectivity index is 1.45. The molecule has 2 aliphatic carbocycles. The van der Waals surface area contributed by atoms with Gasteiger partial charge in [-0.3, -0.25) is 0 Å². The average Bonchev–Trinajstić information content (AvgIpc) is 3.21. The first-order valence-electron chi connectivity index (χ1n) is 7.45. The largest absolute Gasteiger partial charge is 0.370 e. The summed E-state index contributed by atoms with van der Waals surface area (Å²) in [6.07, 6.45) is 10.6. The van der Waals surface area contributed by atoms with Crippen LogP contribution in [-0.2, 0) is 9.47 Å². The molecule has 2 aliphatic heterocycles. The number of hydrogen-bond acceptors (Lipinski definition) is 2. The van der Waals surface area contributed by atoms with E-state index in [1.54, 1.807) is 0 Å². The highest BCUT2D eigenvalue weighted by molar-refractivity contribution is 5.01. The summed E-state index contributed by atoms with van der Waals surface area (Å²) in [4.78, 5) is 0. The van der Waals surface area contributed by atoms with Crippen LogP contribution in [0.2, 0.25) is 0 Å². The monoisotopic (exact) mass is 236 g/mol. The Morgan fingerprint density at radius 2 is 1.18 bits per heavy atom. The van der Waals surface area contributed by atoms with Crippen LogP contribution in [0.3, 0.4) is 0 Å². The molecule has 2 heterocycles. The van der Waals surface area contributed by atoms with E-state index in [1.165, 1.54) is 38.5 Å². The summed E-state index contributed by atoms with van der Waals surface area (Å²) >= 11 is 0. The number of epoxide rings is 2. The number of hydrogen-bond donors (Lipinski definition) is 0. The third kappa shape index (κ3) is 1.76. The summed E-state index contributed by atoms with van der Waals surface area (Å²) in [7, 11) is 0. The molecule has 2 nitrogen and oxygen atoms in total. The molecule has 2 saturated carbocycles. The van der Waals surface area contributed by atoms with Gasteiger partial charge in [-0.15, -0.1) is 0 Å². The minimum Gasteiger partial charge on any atom is -0.370 e. The Morgan fingerprint density at radius 1 is 0.706 bits per heavy atom. The van der Waals surface area contributed by atoms with Crippen LogP contribution in [0.15, 0.2) is 0 Å². The van der Waals surface area contributed by atoms with Gasteiger partial charge in [0.2, 0.25) is 0 Å². The van der Waals surface area contributed by atoms with Gasteiger partial charge in [-0.2, -0.15) is 0 Å². The van der Waals surface area contributed by atoms with Gasteiger partial charge in [0.1, 0.15) is 0 Å². The van der Waals surface area contributed by atoms with Crippen molar-refractivity contribution < 1.29 is 9.47 Å². The van der Waals surface area contributed by atoms with Crippen LogP contribution in [0.5, 0.6) is 0 Å². The molecule has 0 aromatic heterocycles. The zero-order chi connectivity index (χ0) is 11.6. The lowest BCUT2D eigenvalue weighted by Gasteiger charge is -2.43. The maximum Gasteiger partial charge on any atom is 0.0844 e. The molecule has 2 saturated heterocycles. The third-order valence-electron chi connectivity index (χ3n) is 6.11. The number of rotatable bonds is 2. The van der Waals surface area contributed by atoms with Gasteiger partial charge in [-0.05, 0) is 55.8 Å². The lowest BCUT2D eigenvalue weighted by Crippen LogP contribution is -2.37. The summed E-state index contributed by atoms with van der Waals surface area (Å²) in [5, 5.41) is 0. The molecule has 0 unspecified atom stereocenters. The van der Waals surface area contributed by atoms with Crippen LogP contribution >= 0.6 is 0 Å². The summed E-state index contributed by atoms with van der Waals surface area (Å²) in [6, 6.07) is 0. The Hall–Kier alpha value is -0.0800. The SMILES string of the molecule is CC(C)([C@@H]1CC[C@H]2O[C@H]2C1)[C@@H]1CC[C@@H]2O[C@@H]2C1. The van der Waals surface area contributed by atoms with Crippen molar-refractivity contribution in [2.24, 2.45) is 17.3 Å². The van der Waals surface area contributed by atoms with Gasteiger partial charge < -0.3 is 9.47 Å². The summed E-state index contributed by atoms with van der Waals surface area (Å²) in [5.74, 6) is 1.76. The molecule has 0 spiro atoms. The van der Waals surface area contributed by atoms with Crippen molar-refractivity contribution in [1.29, 1.82) is 0 Å². The van der Waals surface area contributed by atoms with Crippen LogP contribution < -0.4 is 0 Å². The fraction of sp³-hybridized carbons (Fsp3) is 1.00. The maximum absolute atomic E-state index is 5.70. The molecule has 0 N–H and O–H groups in total. The van der Waals surface area contributed by atoms with Crippen molar-refractivity contribution in [3.63, 3.8) is 0 Å². The van der Waals surface area contributed by atoms with E-state index in [1.807, 2.05) is 0 Å². The molecular weight excluding hydrogens is 212 g/mol. The molecule has 4 rings (SSSR count). The number of ether oxygens (including phenoxy) is 2. The molecule has 4 fully saturated rings. The first kappa shape index (κ1) is 10.8. The van der Waals surface area contributed by atoms with Gasteiger partial charge in [-0.25, -0.2) is 0 Å². The minimum absolute atomic E-state index is 0.494. The molecule has 0 bridgehead atoms.